The molecule has 4 N–H and O–H groups in total. The zero-order valence-corrected chi connectivity index (χ0v) is 43.0. The van der Waals surface area contributed by atoms with Crippen LogP contribution < -0.4 is 16.0 Å². The predicted molar refractivity (Wildman–Crippen MR) is 276 cm³/mol. The smallest absolute Gasteiger partial charge is 0.246 e. The van der Waals surface area contributed by atoms with Gasteiger partial charge in [-0.25, -0.2) is 18.7 Å². The zero-order chi connectivity index (χ0) is 52.1. The molecule has 0 unspecified atom stereocenters. The van der Waals surface area contributed by atoms with Gasteiger partial charge in [0.25, 0.3) is 0 Å². The summed E-state index contributed by atoms with van der Waals surface area (Å²) in [5.41, 5.74) is 7.33. The lowest BCUT2D eigenvalue weighted by atomic mass is 9.85. The highest BCUT2D eigenvalue weighted by Crippen LogP contribution is 2.33. The van der Waals surface area contributed by atoms with Crippen LogP contribution in [0.5, 0.6) is 0 Å². The van der Waals surface area contributed by atoms with Gasteiger partial charge in [0.2, 0.25) is 23.6 Å². The third-order valence-corrected chi connectivity index (χ3v) is 15.1. The Morgan fingerprint density at radius 3 is 2.34 bits per heavy atom. The van der Waals surface area contributed by atoms with Gasteiger partial charge in [0.1, 0.15) is 23.7 Å². The molecule has 9 rings (SSSR count). The van der Waals surface area contributed by atoms with E-state index in [4.69, 9.17) is 9.72 Å². The first-order chi connectivity index (χ1) is 35.6. The number of carbonyl (C=O) groups excluding carboxylic acids is 4. The molecule has 6 heterocycles. The first-order valence-corrected chi connectivity index (χ1v) is 26.1. The first-order valence-electron chi connectivity index (χ1n) is 25.2. The molecule has 20 heteroatoms. The number of nitrogens with zero attached hydrogens (tertiary/aromatic N) is 8. The normalized spacial score (nSPS) is 18.4. The van der Waals surface area contributed by atoms with E-state index >= 15 is 8.78 Å². The van der Waals surface area contributed by atoms with Crippen molar-refractivity contribution in [1.29, 1.82) is 0 Å². The minimum Gasteiger partial charge on any atom is -0.391 e. The molecule has 0 saturated carbocycles. The third kappa shape index (κ3) is 12.3. The number of rotatable bonds is 16. The van der Waals surface area contributed by atoms with Gasteiger partial charge in [-0.15, -0.1) is 11.3 Å². The number of aliphatic hydroxyl groups excluding tert-OH is 1. The van der Waals surface area contributed by atoms with E-state index < -0.39 is 47.1 Å². The highest BCUT2D eigenvalue weighted by molar-refractivity contribution is 7.13. The van der Waals surface area contributed by atoms with Gasteiger partial charge in [-0.1, -0.05) is 57.2 Å². The van der Waals surface area contributed by atoms with Crippen LogP contribution in [0.2, 0.25) is 0 Å². The van der Waals surface area contributed by atoms with E-state index in [9.17, 15) is 24.3 Å². The van der Waals surface area contributed by atoms with Crippen molar-refractivity contribution < 1.29 is 37.8 Å². The fourth-order valence-corrected chi connectivity index (χ4v) is 10.7. The molecule has 0 radical (unpaired) electrons. The van der Waals surface area contributed by atoms with E-state index in [0.29, 0.717) is 67.2 Å². The van der Waals surface area contributed by atoms with E-state index in [0.717, 1.165) is 40.1 Å². The maximum absolute atomic E-state index is 15.5. The predicted octanol–water partition coefficient (Wildman–Crippen LogP) is 5.65. The molecule has 3 aliphatic heterocycles. The number of halogens is 2. The van der Waals surface area contributed by atoms with Gasteiger partial charge in [0.05, 0.1) is 77.1 Å². The van der Waals surface area contributed by atoms with Gasteiger partial charge < -0.3 is 30.7 Å². The fourth-order valence-electron chi connectivity index (χ4n) is 9.90. The summed E-state index contributed by atoms with van der Waals surface area (Å²) in [6.45, 7) is 11.6. The van der Waals surface area contributed by atoms with Crippen molar-refractivity contribution >= 4 is 46.0 Å². The number of amides is 4. The largest absolute Gasteiger partial charge is 0.391 e. The molecule has 3 aliphatic rings. The SMILES string of the molecule is Cc1ncsc1-c1ccc(CNC(=O)[C@@H]2C[C@@H](O)CN2C(=O)[C@@H](NC(=O)CCNC(=O)CN2CCC(n3cc(-c4cnc5cccc(-c6cc(F)c(CN7CCOCC7)c(F)c6)c5n4)cn3)CC2)C(C)(C)C)cc1. The van der Waals surface area contributed by atoms with Crippen LogP contribution in [0.4, 0.5) is 8.78 Å². The molecule has 0 spiro atoms. The van der Waals surface area contributed by atoms with Crippen molar-refractivity contribution in [3.8, 4) is 32.8 Å². The van der Waals surface area contributed by atoms with Crippen LogP contribution in [-0.4, -0.2) is 145 Å². The van der Waals surface area contributed by atoms with Crippen LogP contribution in [0, 0.1) is 24.0 Å². The van der Waals surface area contributed by atoms with E-state index in [-0.39, 0.29) is 69.0 Å². The van der Waals surface area contributed by atoms with Crippen molar-refractivity contribution in [2.75, 3.05) is 59.0 Å². The van der Waals surface area contributed by atoms with Crippen molar-refractivity contribution in [3.05, 3.63) is 107 Å². The Kier molecular flexibility index (Phi) is 16.2. The van der Waals surface area contributed by atoms with Crippen molar-refractivity contribution in [2.24, 2.45) is 5.41 Å². The number of likely N-dealkylation sites (tertiary alicyclic amines) is 2. The van der Waals surface area contributed by atoms with E-state index in [2.05, 4.69) is 35.9 Å². The molecule has 3 saturated heterocycles. The molecule has 3 aromatic heterocycles. The Morgan fingerprint density at radius 2 is 1.64 bits per heavy atom. The lowest BCUT2D eigenvalue weighted by Gasteiger charge is -2.35. The second-order valence-electron chi connectivity index (χ2n) is 20.5. The number of piperidine rings is 1. The molecular formula is C54H63F2N11O6S. The summed E-state index contributed by atoms with van der Waals surface area (Å²) in [6.07, 6.45) is 5.91. The maximum atomic E-state index is 15.5. The molecule has 6 aromatic rings. The minimum absolute atomic E-state index is 0.0293. The molecule has 390 valence electrons. The van der Waals surface area contributed by atoms with Crippen molar-refractivity contribution in [3.63, 3.8) is 0 Å². The van der Waals surface area contributed by atoms with Crippen molar-refractivity contribution in [1.82, 2.24) is 55.4 Å². The lowest BCUT2D eigenvalue weighted by Crippen LogP contribution is -2.58. The number of aryl methyl sites for hydroxylation is 1. The van der Waals surface area contributed by atoms with Crippen LogP contribution in [0.15, 0.2) is 78.7 Å². The Balaban J connectivity index is 0.732. The number of benzene rings is 3. The van der Waals surface area contributed by atoms with Crippen LogP contribution in [0.1, 0.15) is 69.3 Å². The quantitative estimate of drug-likeness (QED) is 0.0930. The average molecular weight is 1030 g/mol. The number of β-amino-alcohol motifs (C(OH)–C–C–N with tert-alkyl or cyclic N) is 1. The van der Waals surface area contributed by atoms with Crippen LogP contribution >= 0.6 is 11.3 Å². The summed E-state index contributed by atoms with van der Waals surface area (Å²) >= 11 is 1.56. The summed E-state index contributed by atoms with van der Waals surface area (Å²) < 4.78 is 38.2. The van der Waals surface area contributed by atoms with Crippen LogP contribution in [0.25, 0.3) is 43.9 Å². The molecular weight excluding hydrogens is 969 g/mol. The number of aliphatic hydroxyl groups is 1. The monoisotopic (exact) mass is 1030 g/mol. The van der Waals surface area contributed by atoms with Crippen LogP contribution in [-0.2, 0) is 37.0 Å². The molecule has 0 bridgehead atoms. The molecule has 3 atom stereocenters. The number of nitrogens with one attached hydrogen (secondary N) is 3. The lowest BCUT2D eigenvalue weighted by molar-refractivity contribution is -0.144. The van der Waals surface area contributed by atoms with E-state index in [1.807, 2.05) is 73.8 Å². The van der Waals surface area contributed by atoms with Gasteiger partial charge in [0, 0.05) is 88.1 Å². The molecule has 4 amide bonds. The molecule has 3 aromatic carbocycles. The van der Waals surface area contributed by atoms with Crippen LogP contribution in [0.3, 0.4) is 0 Å². The third-order valence-electron chi connectivity index (χ3n) is 14.1. The number of thiazole rings is 1. The van der Waals surface area contributed by atoms with Crippen molar-refractivity contribution in [2.45, 2.75) is 90.7 Å². The summed E-state index contributed by atoms with van der Waals surface area (Å²) in [7, 11) is 0. The molecule has 17 nitrogen and oxygen atoms in total. The van der Waals surface area contributed by atoms with Gasteiger partial charge in [0.15, 0.2) is 0 Å². The maximum Gasteiger partial charge on any atom is 0.246 e. The summed E-state index contributed by atoms with van der Waals surface area (Å²) in [5, 5.41) is 23.9. The standard InChI is InChI=1S/C54H63F2N11O6S/c1-33-50(74-32-60-33)35-10-8-34(9-11-35)25-59-52(71)46-24-39(68)29-66(46)53(72)51(54(2,3)4)63-47(69)12-15-57-48(70)31-64-16-13-38(14-17-64)67-28-37(26-61-67)45-27-58-44-7-5-6-40(49(44)62-45)36-22-42(55)41(43(56)23-36)30-65-18-20-73-21-19-65/h5-11,22-23,26-28,32,38-39,46,51,68H,12-21,24-25,29-31H2,1-4H3,(H,57,70)(H,59,71)(H,63,69)/t39-,46+,51-/m1/s1. The second kappa shape index (κ2) is 22.9. The van der Waals surface area contributed by atoms with Gasteiger partial charge in [-0.05, 0) is 60.1 Å². The number of para-hydroxylation sites is 1. The highest BCUT2D eigenvalue weighted by atomic mass is 32.1. The van der Waals surface area contributed by atoms with E-state index in [1.54, 1.807) is 41.4 Å². The Morgan fingerprint density at radius 1 is 0.892 bits per heavy atom. The van der Waals surface area contributed by atoms with Gasteiger partial charge in [-0.2, -0.15) is 5.10 Å². The minimum atomic E-state index is -0.992. The number of carbonyl (C=O) groups is 4. The molecule has 74 heavy (non-hydrogen) atoms. The first kappa shape index (κ1) is 52.3. The van der Waals surface area contributed by atoms with Gasteiger partial charge in [-0.3, -0.25) is 38.6 Å². The van der Waals surface area contributed by atoms with E-state index in [1.165, 1.54) is 17.0 Å². The Bertz CT molecular complexity index is 2960. The molecule has 0 aliphatic carbocycles. The molecule has 3 fully saturated rings. The second-order valence-corrected chi connectivity index (χ2v) is 21.4. The number of morpholine rings is 1. The Labute approximate surface area is 432 Å². The summed E-state index contributed by atoms with van der Waals surface area (Å²) in [6, 6.07) is 14.1. The number of ether oxygens (including phenoxy) is 1. The summed E-state index contributed by atoms with van der Waals surface area (Å²) in [4.78, 5) is 74.3. The number of aromatic nitrogens is 5. The number of hydrogen-bond donors (Lipinski definition) is 4. The zero-order valence-electron chi connectivity index (χ0n) is 42.2. The number of fused-ring (bicyclic) bond motifs is 1. The Hall–Kier alpha value is -6.58. The summed E-state index contributed by atoms with van der Waals surface area (Å²) in [5.74, 6) is -2.73. The highest BCUT2D eigenvalue weighted by Gasteiger charge is 2.44. The average Bonchev–Trinajstić information content (AvgIpc) is 4.16. The number of hydrogen-bond acceptors (Lipinski definition) is 13. The van der Waals surface area contributed by atoms with Gasteiger partial charge >= 0.3 is 0 Å². The fraction of sp³-hybridized carbons (Fsp3) is 0.444. The topological polar surface area (TPSA) is 200 Å².